The van der Waals surface area contributed by atoms with Gasteiger partial charge in [-0.25, -0.2) is 9.59 Å². The van der Waals surface area contributed by atoms with Crippen LogP contribution in [0.1, 0.15) is 20.8 Å². The van der Waals surface area contributed by atoms with Gasteiger partial charge < -0.3 is 15.2 Å². The minimum absolute atomic E-state index is 0.139. The van der Waals surface area contributed by atoms with Crippen molar-refractivity contribution in [3.8, 4) is 11.8 Å². The first-order valence-electron chi connectivity index (χ1n) is 7.83. The second-order valence-corrected chi connectivity index (χ2v) is 6.43. The van der Waals surface area contributed by atoms with Crippen LogP contribution in [0.4, 0.5) is 4.79 Å². The largest absolute Gasteiger partial charge is 0.477 e. The molecule has 5 nitrogen and oxygen atoms in total. The van der Waals surface area contributed by atoms with Gasteiger partial charge in [0.05, 0.1) is 6.54 Å². The van der Waals surface area contributed by atoms with Crippen molar-refractivity contribution in [2.24, 2.45) is 0 Å². The second-order valence-electron chi connectivity index (χ2n) is 5.35. The van der Waals surface area contributed by atoms with Gasteiger partial charge in [0.1, 0.15) is 11.5 Å². The molecule has 0 spiro atoms. The van der Waals surface area contributed by atoms with Crippen molar-refractivity contribution in [2.75, 3.05) is 6.54 Å². The van der Waals surface area contributed by atoms with Gasteiger partial charge in [0.25, 0.3) is 0 Å². The van der Waals surface area contributed by atoms with E-state index in [9.17, 15) is 9.59 Å². The number of fused-ring (bicyclic) bond motifs is 1. The Morgan fingerprint density at radius 1 is 1.12 bits per heavy atom. The number of hydrogen-bond donors (Lipinski definition) is 2. The molecule has 0 aliphatic rings. The topological polar surface area (TPSA) is 75.6 Å². The van der Waals surface area contributed by atoms with E-state index < -0.39 is 12.1 Å². The van der Waals surface area contributed by atoms with Gasteiger partial charge in [-0.2, -0.15) is 0 Å². The minimum atomic E-state index is -0.951. The van der Waals surface area contributed by atoms with Gasteiger partial charge in [0.2, 0.25) is 0 Å². The summed E-state index contributed by atoms with van der Waals surface area (Å²) in [5.74, 6) is 4.87. The standard InChI is InChI=1S/C20H15NO4S/c22-19(23)18-12-16-15(8-4-10-17(16)26-18)9-5-11-21-20(24)25-13-14-6-2-1-3-7-14/h1-4,6-8,10,12H,11,13H2,(H,21,24)(H,22,23). The number of thiophene rings is 1. The van der Waals surface area contributed by atoms with Crippen LogP contribution in [-0.4, -0.2) is 23.7 Å². The van der Waals surface area contributed by atoms with Crippen LogP contribution in [0, 0.1) is 11.8 Å². The maximum Gasteiger partial charge on any atom is 0.408 e. The lowest BCUT2D eigenvalue weighted by atomic mass is 10.1. The summed E-state index contributed by atoms with van der Waals surface area (Å²) in [5.41, 5.74) is 1.64. The summed E-state index contributed by atoms with van der Waals surface area (Å²) in [5, 5.41) is 12.5. The van der Waals surface area contributed by atoms with Crippen molar-refractivity contribution in [1.29, 1.82) is 0 Å². The SMILES string of the molecule is O=C(NCC#Cc1cccc2sc(C(=O)O)cc12)OCc1ccccc1. The maximum absolute atomic E-state index is 11.7. The van der Waals surface area contributed by atoms with E-state index in [4.69, 9.17) is 9.84 Å². The average molecular weight is 365 g/mol. The molecule has 0 unspecified atom stereocenters. The summed E-state index contributed by atoms with van der Waals surface area (Å²) >= 11 is 1.21. The number of nitrogens with one attached hydrogen (secondary N) is 1. The number of carbonyl (C=O) groups is 2. The highest BCUT2D eigenvalue weighted by atomic mass is 32.1. The Balaban J connectivity index is 1.57. The third-order valence-corrected chi connectivity index (χ3v) is 4.62. The van der Waals surface area contributed by atoms with Crippen LogP contribution >= 0.6 is 11.3 Å². The Kier molecular flexibility index (Phi) is 5.52. The van der Waals surface area contributed by atoms with Crippen LogP contribution in [0.15, 0.2) is 54.6 Å². The van der Waals surface area contributed by atoms with E-state index in [0.29, 0.717) is 0 Å². The van der Waals surface area contributed by atoms with Crippen LogP contribution in [0.5, 0.6) is 0 Å². The van der Waals surface area contributed by atoms with E-state index in [2.05, 4.69) is 17.2 Å². The fourth-order valence-corrected chi connectivity index (χ4v) is 3.23. The third-order valence-electron chi connectivity index (χ3n) is 3.53. The Morgan fingerprint density at radius 2 is 1.92 bits per heavy atom. The number of benzene rings is 2. The summed E-state index contributed by atoms with van der Waals surface area (Å²) in [6.07, 6.45) is -0.537. The average Bonchev–Trinajstić information content (AvgIpc) is 3.10. The molecule has 0 fully saturated rings. The van der Waals surface area contributed by atoms with Crippen LogP contribution < -0.4 is 5.32 Å². The molecule has 0 atom stereocenters. The summed E-state index contributed by atoms with van der Waals surface area (Å²) in [4.78, 5) is 23.0. The fourth-order valence-electron chi connectivity index (χ4n) is 2.31. The maximum atomic E-state index is 11.7. The molecular formula is C20H15NO4S. The van der Waals surface area contributed by atoms with Crippen LogP contribution in [-0.2, 0) is 11.3 Å². The smallest absolute Gasteiger partial charge is 0.408 e. The van der Waals surface area contributed by atoms with Crippen molar-refractivity contribution < 1.29 is 19.4 Å². The molecule has 0 radical (unpaired) electrons. The molecule has 6 heteroatoms. The summed E-state index contributed by atoms with van der Waals surface area (Å²) < 4.78 is 5.96. The second kappa shape index (κ2) is 8.19. The molecule has 1 amide bonds. The minimum Gasteiger partial charge on any atom is -0.477 e. The molecule has 0 bridgehead atoms. The lowest BCUT2D eigenvalue weighted by Crippen LogP contribution is -2.24. The first kappa shape index (κ1) is 17.5. The van der Waals surface area contributed by atoms with Crippen molar-refractivity contribution in [3.63, 3.8) is 0 Å². The number of ether oxygens (including phenoxy) is 1. The van der Waals surface area contributed by atoms with Gasteiger partial charge in [-0.1, -0.05) is 48.2 Å². The van der Waals surface area contributed by atoms with E-state index >= 15 is 0 Å². The number of amides is 1. The Morgan fingerprint density at radius 3 is 2.69 bits per heavy atom. The molecule has 2 aromatic carbocycles. The number of hydrogen-bond acceptors (Lipinski definition) is 4. The zero-order valence-electron chi connectivity index (χ0n) is 13.7. The Hall–Kier alpha value is -3.30. The molecule has 3 aromatic rings. The van der Waals surface area contributed by atoms with Gasteiger partial charge >= 0.3 is 12.1 Å². The number of alkyl carbamates (subject to hydrolysis) is 1. The zero-order valence-corrected chi connectivity index (χ0v) is 14.5. The predicted molar refractivity (Wildman–Crippen MR) is 100 cm³/mol. The van der Waals surface area contributed by atoms with Crippen molar-refractivity contribution >= 4 is 33.5 Å². The third kappa shape index (κ3) is 4.41. The quantitative estimate of drug-likeness (QED) is 0.688. The van der Waals surface area contributed by atoms with E-state index in [1.807, 2.05) is 48.5 Å². The Bertz CT molecular complexity index is 999. The molecule has 130 valence electrons. The summed E-state index contributed by atoms with van der Waals surface area (Å²) in [6, 6.07) is 16.5. The monoisotopic (exact) mass is 365 g/mol. The fraction of sp³-hybridized carbons (Fsp3) is 0.100. The van der Waals surface area contributed by atoms with Crippen molar-refractivity contribution in [2.45, 2.75) is 6.61 Å². The highest BCUT2D eigenvalue weighted by molar-refractivity contribution is 7.20. The van der Waals surface area contributed by atoms with Gasteiger partial charge in [0, 0.05) is 15.6 Å². The highest BCUT2D eigenvalue weighted by Crippen LogP contribution is 2.27. The zero-order chi connectivity index (χ0) is 18.4. The molecule has 0 saturated carbocycles. The molecule has 3 rings (SSSR count). The van der Waals surface area contributed by atoms with E-state index in [1.54, 1.807) is 6.07 Å². The first-order chi connectivity index (χ1) is 12.6. The summed E-state index contributed by atoms with van der Waals surface area (Å²) in [6.45, 7) is 0.339. The molecule has 26 heavy (non-hydrogen) atoms. The number of carbonyl (C=O) groups excluding carboxylic acids is 1. The molecule has 1 aromatic heterocycles. The number of carboxylic acids is 1. The molecule has 0 aliphatic heterocycles. The number of aromatic carboxylic acids is 1. The van der Waals surface area contributed by atoms with Crippen molar-refractivity contribution in [3.05, 3.63) is 70.6 Å². The van der Waals surface area contributed by atoms with Gasteiger partial charge in [-0.3, -0.25) is 0 Å². The van der Waals surface area contributed by atoms with E-state index in [-0.39, 0.29) is 18.0 Å². The number of rotatable bonds is 4. The van der Waals surface area contributed by atoms with Gasteiger partial charge in [0.15, 0.2) is 0 Å². The lowest BCUT2D eigenvalue weighted by molar-refractivity contribution is 0.0702. The normalized spacial score (nSPS) is 10.0. The summed E-state index contributed by atoms with van der Waals surface area (Å²) in [7, 11) is 0. The van der Waals surface area contributed by atoms with Gasteiger partial charge in [-0.05, 0) is 23.8 Å². The van der Waals surface area contributed by atoms with E-state index in [0.717, 1.165) is 21.2 Å². The van der Waals surface area contributed by atoms with E-state index in [1.165, 1.54) is 11.3 Å². The molecule has 2 N–H and O–H groups in total. The van der Waals surface area contributed by atoms with Gasteiger partial charge in [-0.15, -0.1) is 11.3 Å². The van der Waals surface area contributed by atoms with Crippen LogP contribution in [0.3, 0.4) is 0 Å². The molecule has 0 aliphatic carbocycles. The molecule has 0 saturated heterocycles. The molecule has 1 heterocycles. The molecular weight excluding hydrogens is 350 g/mol. The Labute approximate surface area is 154 Å². The first-order valence-corrected chi connectivity index (χ1v) is 8.64. The predicted octanol–water partition coefficient (Wildman–Crippen LogP) is 3.88. The number of carboxylic acid groups (broad SMARTS) is 1. The van der Waals surface area contributed by atoms with Crippen molar-refractivity contribution in [1.82, 2.24) is 5.32 Å². The highest BCUT2D eigenvalue weighted by Gasteiger charge is 2.09. The van der Waals surface area contributed by atoms with Crippen LogP contribution in [0.25, 0.3) is 10.1 Å². The lowest BCUT2D eigenvalue weighted by Gasteiger charge is -2.04. The van der Waals surface area contributed by atoms with Crippen LogP contribution in [0.2, 0.25) is 0 Å².